The Bertz CT molecular complexity index is 158. The summed E-state index contributed by atoms with van der Waals surface area (Å²) in [5, 5.41) is 0. The van der Waals surface area contributed by atoms with Crippen LogP contribution in [0.1, 0.15) is 64.2 Å². The quantitative estimate of drug-likeness (QED) is 0.694. The molecule has 0 spiro atoms. The van der Waals surface area contributed by atoms with Crippen LogP contribution in [-0.2, 0) is 0 Å². The first-order valence-corrected chi connectivity index (χ1v) is 7.53. The van der Waals surface area contributed by atoms with Crippen molar-refractivity contribution < 1.29 is 0 Å². The lowest BCUT2D eigenvalue weighted by atomic mass is 9.87. The molecule has 0 aromatic carbocycles. The molecule has 0 heterocycles. The van der Waals surface area contributed by atoms with Crippen molar-refractivity contribution in [2.45, 2.75) is 64.2 Å². The fourth-order valence-corrected chi connectivity index (χ4v) is 3.70. The lowest BCUT2D eigenvalue weighted by molar-refractivity contribution is 0.188. The summed E-state index contributed by atoms with van der Waals surface area (Å²) in [5.74, 6) is 2.03. The van der Waals surface area contributed by atoms with Gasteiger partial charge < -0.3 is 4.90 Å². The summed E-state index contributed by atoms with van der Waals surface area (Å²) >= 11 is 0. The van der Waals surface area contributed by atoms with Gasteiger partial charge in [-0.1, -0.05) is 38.5 Å². The molecule has 16 heavy (non-hydrogen) atoms. The minimum atomic E-state index is 1.02. The molecule has 0 aliphatic heterocycles. The zero-order valence-corrected chi connectivity index (χ0v) is 11.1. The van der Waals surface area contributed by atoms with E-state index in [-0.39, 0.29) is 0 Å². The largest absolute Gasteiger partial charge is 0.306 e. The van der Waals surface area contributed by atoms with Crippen LogP contribution >= 0.6 is 0 Å². The highest BCUT2D eigenvalue weighted by atomic mass is 15.1. The smallest absolute Gasteiger partial charge is 0.000672 e. The van der Waals surface area contributed by atoms with Crippen LogP contribution in [0.2, 0.25) is 0 Å². The Morgan fingerprint density at radius 1 is 0.688 bits per heavy atom. The molecule has 0 N–H and O–H groups in total. The summed E-state index contributed by atoms with van der Waals surface area (Å²) in [6.45, 7) is 2.74. The maximum absolute atomic E-state index is 2.63. The second-order valence-corrected chi connectivity index (χ2v) is 6.23. The van der Waals surface area contributed by atoms with Gasteiger partial charge in [-0.15, -0.1) is 0 Å². The monoisotopic (exact) mass is 223 g/mol. The van der Waals surface area contributed by atoms with Gasteiger partial charge in [-0.2, -0.15) is 0 Å². The second-order valence-electron chi connectivity index (χ2n) is 6.23. The normalized spacial score (nSPS) is 25.1. The van der Waals surface area contributed by atoms with Crippen LogP contribution in [0.4, 0.5) is 0 Å². The van der Waals surface area contributed by atoms with E-state index in [4.69, 9.17) is 0 Å². The van der Waals surface area contributed by atoms with E-state index in [1.807, 2.05) is 0 Å². The molecule has 2 aliphatic rings. The van der Waals surface area contributed by atoms with Crippen LogP contribution in [-0.4, -0.2) is 25.0 Å². The molecule has 1 nitrogen and oxygen atoms in total. The van der Waals surface area contributed by atoms with Crippen molar-refractivity contribution >= 4 is 0 Å². The standard InChI is InChI=1S/C15H29N/c1-16(12-14-8-4-2-5-9-14)13-15-10-6-3-7-11-15/h14-15H,2-13H2,1H3. The molecule has 0 atom stereocenters. The van der Waals surface area contributed by atoms with E-state index in [0.717, 1.165) is 11.8 Å². The summed E-state index contributed by atoms with van der Waals surface area (Å²) in [4.78, 5) is 2.63. The van der Waals surface area contributed by atoms with Crippen LogP contribution in [0.25, 0.3) is 0 Å². The molecule has 0 bridgehead atoms. The third-order valence-electron chi connectivity index (χ3n) is 4.59. The highest BCUT2D eigenvalue weighted by Gasteiger charge is 2.19. The van der Waals surface area contributed by atoms with Crippen molar-refractivity contribution in [2.75, 3.05) is 20.1 Å². The van der Waals surface area contributed by atoms with Crippen LogP contribution < -0.4 is 0 Å². The van der Waals surface area contributed by atoms with E-state index in [1.54, 1.807) is 0 Å². The summed E-state index contributed by atoms with van der Waals surface area (Å²) in [6, 6.07) is 0. The van der Waals surface area contributed by atoms with Crippen molar-refractivity contribution in [2.24, 2.45) is 11.8 Å². The second kappa shape index (κ2) is 6.64. The van der Waals surface area contributed by atoms with Crippen LogP contribution in [0, 0.1) is 11.8 Å². The molecule has 0 saturated heterocycles. The summed E-state index contributed by atoms with van der Waals surface area (Å²) in [6.07, 6.45) is 14.9. The molecular weight excluding hydrogens is 194 g/mol. The predicted octanol–water partition coefficient (Wildman–Crippen LogP) is 4.08. The minimum absolute atomic E-state index is 1.02. The van der Waals surface area contributed by atoms with Gasteiger partial charge in [0.1, 0.15) is 0 Å². The Labute approximate surface area is 102 Å². The SMILES string of the molecule is CN(CC1CCCCC1)CC1CCCCC1. The van der Waals surface area contributed by atoms with Crippen LogP contribution in [0.3, 0.4) is 0 Å². The lowest BCUT2D eigenvalue weighted by Crippen LogP contribution is -2.32. The fraction of sp³-hybridized carbons (Fsp3) is 1.00. The average Bonchev–Trinajstić information content (AvgIpc) is 2.31. The Balaban J connectivity index is 1.64. The predicted molar refractivity (Wildman–Crippen MR) is 70.6 cm³/mol. The van der Waals surface area contributed by atoms with E-state index >= 15 is 0 Å². The van der Waals surface area contributed by atoms with Crippen LogP contribution in [0.5, 0.6) is 0 Å². The van der Waals surface area contributed by atoms with Crippen molar-refractivity contribution in [3.8, 4) is 0 Å². The van der Waals surface area contributed by atoms with Gasteiger partial charge in [0.15, 0.2) is 0 Å². The lowest BCUT2D eigenvalue weighted by Gasteiger charge is -2.31. The molecule has 1 heteroatoms. The molecule has 0 unspecified atom stereocenters. The molecule has 2 aliphatic carbocycles. The zero-order chi connectivity index (χ0) is 11.2. The van der Waals surface area contributed by atoms with Crippen molar-refractivity contribution in [3.63, 3.8) is 0 Å². The van der Waals surface area contributed by atoms with Gasteiger partial charge in [-0.3, -0.25) is 0 Å². The van der Waals surface area contributed by atoms with E-state index in [9.17, 15) is 0 Å². The maximum Gasteiger partial charge on any atom is 0.000672 e. The number of rotatable bonds is 4. The minimum Gasteiger partial charge on any atom is -0.306 e. The molecule has 2 saturated carbocycles. The van der Waals surface area contributed by atoms with Crippen molar-refractivity contribution in [3.05, 3.63) is 0 Å². The van der Waals surface area contributed by atoms with Gasteiger partial charge in [0.2, 0.25) is 0 Å². The summed E-state index contributed by atoms with van der Waals surface area (Å²) in [7, 11) is 2.35. The van der Waals surface area contributed by atoms with E-state index in [1.165, 1.54) is 77.3 Å². The molecule has 0 amide bonds. The van der Waals surface area contributed by atoms with Crippen molar-refractivity contribution in [1.82, 2.24) is 4.90 Å². The van der Waals surface area contributed by atoms with Crippen LogP contribution in [0.15, 0.2) is 0 Å². The third kappa shape index (κ3) is 4.08. The first-order valence-electron chi connectivity index (χ1n) is 7.53. The summed E-state index contributed by atoms with van der Waals surface area (Å²) in [5.41, 5.74) is 0. The molecule has 0 aromatic heterocycles. The highest BCUT2D eigenvalue weighted by molar-refractivity contribution is 4.73. The number of nitrogens with zero attached hydrogens (tertiary/aromatic N) is 1. The highest BCUT2D eigenvalue weighted by Crippen LogP contribution is 2.27. The Morgan fingerprint density at radius 3 is 1.44 bits per heavy atom. The first kappa shape index (κ1) is 12.4. The van der Waals surface area contributed by atoms with E-state index in [0.29, 0.717) is 0 Å². The van der Waals surface area contributed by atoms with Gasteiger partial charge in [0.05, 0.1) is 0 Å². The Kier molecular flexibility index (Phi) is 5.15. The van der Waals surface area contributed by atoms with Gasteiger partial charge in [-0.05, 0) is 44.6 Å². The molecule has 0 radical (unpaired) electrons. The third-order valence-corrected chi connectivity index (χ3v) is 4.59. The topological polar surface area (TPSA) is 3.24 Å². The van der Waals surface area contributed by atoms with E-state index in [2.05, 4.69) is 11.9 Å². The van der Waals surface area contributed by atoms with Gasteiger partial charge >= 0.3 is 0 Å². The fourth-order valence-electron chi connectivity index (χ4n) is 3.70. The maximum atomic E-state index is 2.63. The Hall–Kier alpha value is -0.0400. The molecule has 0 aromatic rings. The number of hydrogen-bond acceptors (Lipinski definition) is 1. The van der Waals surface area contributed by atoms with Gasteiger partial charge in [0.25, 0.3) is 0 Å². The first-order chi connectivity index (χ1) is 7.84. The average molecular weight is 223 g/mol. The molecular formula is C15H29N. The van der Waals surface area contributed by atoms with Gasteiger partial charge in [0, 0.05) is 13.1 Å². The van der Waals surface area contributed by atoms with E-state index < -0.39 is 0 Å². The number of hydrogen-bond donors (Lipinski definition) is 0. The molecule has 2 rings (SSSR count). The van der Waals surface area contributed by atoms with Gasteiger partial charge in [-0.25, -0.2) is 0 Å². The summed E-state index contributed by atoms with van der Waals surface area (Å²) < 4.78 is 0. The van der Waals surface area contributed by atoms with Crippen molar-refractivity contribution in [1.29, 1.82) is 0 Å². The zero-order valence-electron chi connectivity index (χ0n) is 11.1. The Morgan fingerprint density at radius 2 is 1.06 bits per heavy atom. The molecule has 94 valence electrons. The molecule has 2 fully saturated rings.